The Labute approximate surface area is 123 Å². The molecule has 2 amide bonds. The Bertz CT molecular complexity index is 708. The highest BCUT2D eigenvalue weighted by Gasteiger charge is 2.30. The van der Waals surface area contributed by atoms with Crippen molar-refractivity contribution in [1.82, 2.24) is 5.32 Å². The van der Waals surface area contributed by atoms with Crippen LogP contribution in [-0.2, 0) is 21.1 Å². The van der Waals surface area contributed by atoms with Crippen molar-refractivity contribution in [2.45, 2.75) is 25.0 Å². The first-order valence-electron chi connectivity index (χ1n) is 6.51. The molecule has 21 heavy (non-hydrogen) atoms. The lowest BCUT2D eigenvalue weighted by Crippen LogP contribution is -2.43. The Hall–Kier alpha value is -1.89. The van der Waals surface area contributed by atoms with Crippen molar-refractivity contribution in [3.63, 3.8) is 0 Å². The van der Waals surface area contributed by atoms with Gasteiger partial charge in [-0.3, -0.25) is 9.59 Å². The topological polar surface area (TPSA) is 92.3 Å². The van der Waals surface area contributed by atoms with E-state index in [1.165, 1.54) is 0 Å². The maximum atomic E-state index is 12.1. The Balaban J connectivity index is 2.09. The summed E-state index contributed by atoms with van der Waals surface area (Å²) in [5, 5.41) is 5.29. The lowest BCUT2D eigenvalue weighted by molar-refractivity contribution is -0.115. The van der Waals surface area contributed by atoms with Crippen LogP contribution in [0.3, 0.4) is 0 Å². The van der Waals surface area contributed by atoms with Crippen molar-refractivity contribution >= 4 is 27.3 Å². The Morgan fingerprint density at radius 1 is 1.38 bits per heavy atom. The molecule has 6 nitrogen and oxygen atoms in total. The molecule has 0 aromatic heterocycles. The van der Waals surface area contributed by atoms with Gasteiger partial charge >= 0.3 is 0 Å². The molecule has 1 aromatic carbocycles. The maximum absolute atomic E-state index is 12.1. The van der Waals surface area contributed by atoms with Gasteiger partial charge in [0.05, 0.1) is 11.2 Å². The molecule has 1 aliphatic heterocycles. The van der Waals surface area contributed by atoms with Crippen molar-refractivity contribution < 1.29 is 18.0 Å². The average Bonchev–Trinajstić information content (AvgIpc) is 2.73. The van der Waals surface area contributed by atoms with Gasteiger partial charge in [0, 0.05) is 24.1 Å². The third-order valence-electron chi connectivity index (χ3n) is 3.68. The fourth-order valence-corrected chi connectivity index (χ4v) is 2.22. The molecule has 7 heteroatoms. The molecule has 0 aliphatic carbocycles. The number of rotatable bonds is 4. The molecule has 0 radical (unpaired) electrons. The van der Waals surface area contributed by atoms with Crippen LogP contribution < -0.4 is 10.6 Å². The fraction of sp³-hybridized carbons (Fsp3) is 0.429. The molecule has 2 N–H and O–H groups in total. The summed E-state index contributed by atoms with van der Waals surface area (Å²) in [5.74, 6) is -0.462. The number of hydrogen-bond donors (Lipinski definition) is 2. The number of fused-ring (bicyclic) bond motifs is 1. The Morgan fingerprint density at radius 2 is 2.05 bits per heavy atom. The van der Waals surface area contributed by atoms with E-state index in [-0.39, 0.29) is 18.4 Å². The van der Waals surface area contributed by atoms with E-state index in [1.807, 2.05) is 0 Å². The minimum Gasteiger partial charge on any atom is -0.350 e. The van der Waals surface area contributed by atoms with E-state index < -0.39 is 14.6 Å². The van der Waals surface area contributed by atoms with Crippen molar-refractivity contribution in [2.75, 3.05) is 18.1 Å². The molecule has 1 aliphatic rings. The first-order valence-corrected chi connectivity index (χ1v) is 8.40. The van der Waals surface area contributed by atoms with E-state index in [2.05, 4.69) is 10.6 Å². The number of carbonyl (C=O) groups excluding carboxylic acids is 2. The summed E-state index contributed by atoms with van der Waals surface area (Å²) in [7, 11) is -3.27. The number of benzene rings is 1. The van der Waals surface area contributed by atoms with Crippen molar-refractivity contribution in [3.05, 3.63) is 29.3 Å². The first-order chi connectivity index (χ1) is 9.60. The quantitative estimate of drug-likeness (QED) is 0.857. The first kappa shape index (κ1) is 15.5. The molecule has 1 heterocycles. The summed E-state index contributed by atoms with van der Waals surface area (Å²) >= 11 is 0. The second-order valence-corrected chi connectivity index (χ2v) is 8.46. The largest absolute Gasteiger partial charge is 0.350 e. The summed E-state index contributed by atoms with van der Waals surface area (Å²) in [6.07, 6.45) is 1.46. The van der Waals surface area contributed by atoms with Gasteiger partial charge in [0.15, 0.2) is 9.84 Å². The molecule has 0 spiro atoms. The second-order valence-electron chi connectivity index (χ2n) is 5.81. The van der Waals surface area contributed by atoms with Gasteiger partial charge in [-0.15, -0.1) is 0 Å². The number of amides is 2. The van der Waals surface area contributed by atoms with Gasteiger partial charge < -0.3 is 10.6 Å². The zero-order valence-corrected chi connectivity index (χ0v) is 13.0. The highest BCUT2D eigenvalue weighted by Crippen LogP contribution is 2.24. The maximum Gasteiger partial charge on any atom is 0.251 e. The van der Waals surface area contributed by atoms with E-state index in [1.54, 1.807) is 32.0 Å². The van der Waals surface area contributed by atoms with Crippen LogP contribution in [0.25, 0.3) is 0 Å². The molecule has 0 saturated carbocycles. The molecule has 0 unspecified atom stereocenters. The Kier molecular flexibility index (Phi) is 3.79. The van der Waals surface area contributed by atoms with Crippen molar-refractivity contribution in [3.8, 4) is 0 Å². The van der Waals surface area contributed by atoms with Crippen LogP contribution in [0.2, 0.25) is 0 Å². The van der Waals surface area contributed by atoms with Crippen molar-refractivity contribution in [2.24, 2.45) is 0 Å². The predicted octanol–water partition coefficient (Wildman–Crippen LogP) is 0.734. The molecule has 2 rings (SSSR count). The van der Waals surface area contributed by atoms with Crippen LogP contribution in [0.5, 0.6) is 0 Å². The lowest BCUT2D eigenvalue weighted by Gasteiger charge is -2.22. The average molecular weight is 310 g/mol. The van der Waals surface area contributed by atoms with E-state index in [9.17, 15) is 18.0 Å². The van der Waals surface area contributed by atoms with E-state index in [4.69, 9.17) is 0 Å². The summed E-state index contributed by atoms with van der Waals surface area (Å²) in [6, 6.07) is 4.95. The summed E-state index contributed by atoms with van der Waals surface area (Å²) < 4.78 is 22.2. The van der Waals surface area contributed by atoms with Crippen LogP contribution in [0.4, 0.5) is 5.69 Å². The number of hydrogen-bond acceptors (Lipinski definition) is 4. The second kappa shape index (κ2) is 5.14. The molecular formula is C14H18N2O4S. The third kappa shape index (κ3) is 3.24. The van der Waals surface area contributed by atoms with Gasteiger partial charge in [-0.1, -0.05) is 6.07 Å². The highest BCUT2D eigenvalue weighted by molar-refractivity contribution is 7.92. The van der Waals surface area contributed by atoms with Crippen LogP contribution in [0, 0.1) is 0 Å². The summed E-state index contributed by atoms with van der Waals surface area (Å²) in [6.45, 7) is 3.14. The zero-order valence-electron chi connectivity index (χ0n) is 12.2. The van der Waals surface area contributed by atoms with E-state index in [0.29, 0.717) is 17.7 Å². The molecule has 0 bridgehead atoms. The number of anilines is 1. The normalized spacial score (nSPS) is 14.5. The molecule has 1 aromatic rings. The molecule has 0 atom stereocenters. The van der Waals surface area contributed by atoms with Gasteiger partial charge in [-0.25, -0.2) is 8.42 Å². The van der Waals surface area contributed by atoms with E-state index in [0.717, 1.165) is 11.8 Å². The van der Waals surface area contributed by atoms with Gasteiger partial charge in [-0.05, 0) is 31.5 Å². The van der Waals surface area contributed by atoms with Crippen LogP contribution in [0.15, 0.2) is 18.2 Å². The third-order valence-corrected chi connectivity index (χ3v) is 5.83. The fourth-order valence-electron chi connectivity index (χ4n) is 1.88. The molecule has 0 fully saturated rings. The van der Waals surface area contributed by atoms with Crippen LogP contribution in [-0.4, -0.2) is 37.8 Å². The van der Waals surface area contributed by atoms with Gasteiger partial charge in [0.1, 0.15) is 0 Å². The van der Waals surface area contributed by atoms with Crippen LogP contribution >= 0.6 is 0 Å². The zero-order chi connectivity index (χ0) is 15.8. The van der Waals surface area contributed by atoms with Gasteiger partial charge in [-0.2, -0.15) is 0 Å². The smallest absolute Gasteiger partial charge is 0.251 e. The highest BCUT2D eigenvalue weighted by atomic mass is 32.2. The SMILES string of the molecule is CC(C)(CNC(=O)c1ccc2c(c1)NC(=O)C2)S(C)(=O)=O. The minimum atomic E-state index is -3.27. The van der Waals surface area contributed by atoms with Crippen molar-refractivity contribution in [1.29, 1.82) is 0 Å². The lowest BCUT2D eigenvalue weighted by atomic mass is 10.1. The van der Waals surface area contributed by atoms with Gasteiger partial charge in [0.25, 0.3) is 5.91 Å². The van der Waals surface area contributed by atoms with E-state index >= 15 is 0 Å². The number of carbonyl (C=O) groups is 2. The predicted molar refractivity (Wildman–Crippen MR) is 80.0 cm³/mol. The summed E-state index contributed by atoms with van der Waals surface area (Å²) in [4.78, 5) is 23.4. The van der Waals surface area contributed by atoms with Crippen LogP contribution in [0.1, 0.15) is 29.8 Å². The molecule has 0 saturated heterocycles. The molecular weight excluding hydrogens is 292 g/mol. The summed E-state index contributed by atoms with van der Waals surface area (Å²) in [5.41, 5.74) is 1.88. The molecule has 114 valence electrons. The minimum absolute atomic E-state index is 0.0219. The number of sulfone groups is 1. The number of nitrogens with one attached hydrogen (secondary N) is 2. The standard InChI is InChI=1S/C14H18N2O4S/c1-14(2,21(3,19)20)8-15-13(18)10-5-4-9-7-12(17)16-11(9)6-10/h4-6H,7-8H2,1-3H3,(H,15,18)(H,16,17). The Morgan fingerprint density at radius 3 is 2.67 bits per heavy atom. The monoisotopic (exact) mass is 310 g/mol. The van der Waals surface area contributed by atoms with Gasteiger partial charge in [0.2, 0.25) is 5.91 Å².